The number of aryl methyl sites for hydroxylation is 1. The van der Waals surface area contributed by atoms with Gasteiger partial charge in [0.15, 0.2) is 0 Å². The van der Waals surface area contributed by atoms with Gasteiger partial charge in [-0.05, 0) is 24.5 Å². The monoisotopic (exact) mass is 516 g/mol. The molecule has 1 aromatic carbocycles. The van der Waals surface area contributed by atoms with E-state index in [1.54, 1.807) is 12.4 Å². The van der Waals surface area contributed by atoms with Crippen molar-refractivity contribution in [1.29, 1.82) is 0 Å². The van der Waals surface area contributed by atoms with Crippen molar-refractivity contribution in [2.24, 2.45) is 0 Å². The number of benzene rings is 1. The van der Waals surface area contributed by atoms with Crippen molar-refractivity contribution in [3.63, 3.8) is 0 Å². The van der Waals surface area contributed by atoms with Crippen LogP contribution >= 0.6 is 23.2 Å². The smallest absolute Gasteiger partial charge is 0.268 e. The third kappa shape index (κ3) is 6.94. The van der Waals surface area contributed by atoms with Crippen LogP contribution in [0.15, 0.2) is 48.8 Å². The number of aromatic amines is 1. The molecule has 3 aromatic rings. The molecule has 1 unspecified atom stereocenters. The van der Waals surface area contributed by atoms with Crippen molar-refractivity contribution in [2.45, 2.75) is 25.4 Å². The number of carbonyl (C=O) groups excluding carboxylic acids is 2. The van der Waals surface area contributed by atoms with Gasteiger partial charge in [0, 0.05) is 37.6 Å². The first-order valence-electron chi connectivity index (χ1n) is 11.3. The predicted octanol–water partition coefficient (Wildman–Crippen LogP) is 3.00. The van der Waals surface area contributed by atoms with Crippen LogP contribution < -0.4 is 15.5 Å². The Labute approximate surface area is 213 Å². The molecule has 0 aliphatic carbocycles. The van der Waals surface area contributed by atoms with E-state index >= 15 is 0 Å². The van der Waals surface area contributed by atoms with Crippen LogP contribution in [0.25, 0.3) is 0 Å². The van der Waals surface area contributed by atoms with Crippen LogP contribution in [0.1, 0.15) is 28.0 Å². The van der Waals surface area contributed by atoms with E-state index in [-0.39, 0.29) is 28.3 Å². The number of rotatable bonds is 9. The van der Waals surface area contributed by atoms with Crippen molar-refractivity contribution in [3.05, 3.63) is 75.8 Å². The SMILES string of the molecule is O=C(NC(CCc1ccccc1)C(=O)NCc1cnc(N2CCOCC2)nc1)c1cc(Cl)c(Cl)[nH]1. The van der Waals surface area contributed by atoms with Crippen molar-refractivity contribution < 1.29 is 14.3 Å². The van der Waals surface area contributed by atoms with Crippen LogP contribution in [0.2, 0.25) is 10.2 Å². The molecule has 1 aliphatic heterocycles. The zero-order chi connectivity index (χ0) is 24.6. The van der Waals surface area contributed by atoms with Crippen LogP contribution in [0.3, 0.4) is 0 Å². The Morgan fingerprint density at radius 1 is 1.09 bits per heavy atom. The minimum absolute atomic E-state index is 0.169. The number of nitrogens with zero attached hydrogens (tertiary/aromatic N) is 3. The lowest BCUT2D eigenvalue weighted by Gasteiger charge is -2.26. The number of H-pyrrole nitrogens is 1. The molecule has 3 N–H and O–H groups in total. The van der Waals surface area contributed by atoms with Crippen molar-refractivity contribution >= 4 is 41.0 Å². The summed E-state index contributed by atoms with van der Waals surface area (Å²) >= 11 is 11.9. The van der Waals surface area contributed by atoms with Gasteiger partial charge in [0.2, 0.25) is 11.9 Å². The Hall–Kier alpha value is -3.14. The average molecular weight is 517 g/mol. The van der Waals surface area contributed by atoms with Gasteiger partial charge in [-0.3, -0.25) is 9.59 Å². The van der Waals surface area contributed by atoms with Gasteiger partial charge in [0.05, 0.1) is 18.2 Å². The molecule has 1 fully saturated rings. The first-order valence-corrected chi connectivity index (χ1v) is 12.1. The summed E-state index contributed by atoms with van der Waals surface area (Å²) in [6.07, 6.45) is 4.41. The fourth-order valence-electron chi connectivity index (χ4n) is 3.67. The molecule has 2 aromatic heterocycles. The number of halogens is 2. The van der Waals surface area contributed by atoms with E-state index < -0.39 is 11.9 Å². The molecule has 3 heterocycles. The van der Waals surface area contributed by atoms with E-state index in [0.717, 1.165) is 24.2 Å². The molecule has 2 amide bonds. The maximum absolute atomic E-state index is 13.0. The van der Waals surface area contributed by atoms with Gasteiger partial charge in [-0.2, -0.15) is 0 Å². The topological polar surface area (TPSA) is 112 Å². The quantitative estimate of drug-likeness (QED) is 0.403. The van der Waals surface area contributed by atoms with Crippen LogP contribution in [-0.2, 0) is 22.5 Å². The Morgan fingerprint density at radius 3 is 2.46 bits per heavy atom. The van der Waals surface area contributed by atoms with Gasteiger partial charge in [0.25, 0.3) is 5.91 Å². The number of nitrogens with one attached hydrogen (secondary N) is 3. The summed E-state index contributed by atoms with van der Waals surface area (Å²) in [7, 11) is 0. The van der Waals surface area contributed by atoms with Crippen LogP contribution in [0.4, 0.5) is 5.95 Å². The Kier molecular flexibility index (Phi) is 8.57. The van der Waals surface area contributed by atoms with Crippen LogP contribution in [0, 0.1) is 0 Å². The van der Waals surface area contributed by atoms with Gasteiger partial charge in [-0.1, -0.05) is 53.5 Å². The Balaban J connectivity index is 1.38. The number of carbonyl (C=O) groups is 2. The minimum Gasteiger partial charge on any atom is -0.378 e. The highest BCUT2D eigenvalue weighted by atomic mass is 35.5. The van der Waals surface area contributed by atoms with Crippen molar-refractivity contribution in [1.82, 2.24) is 25.6 Å². The zero-order valence-corrected chi connectivity index (χ0v) is 20.5. The molecule has 4 rings (SSSR count). The number of hydrogen-bond donors (Lipinski definition) is 3. The molecule has 1 saturated heterocycles. The van der Waals surface area contributed by atoms with Gasteiger partial charge in [-0.25, -0.2) is 9.97 Å². The summed E-state index contributed by atoms with van der Waals surface area (Å²) in [6, 6.07) is 10.4. The third-order valence-corrected chi connectivity index (χ3v) is 6.30. The highest BCUT2D eigenvalue weighted by molar-refractivity contribution is 6.41. The lowest BCUT2D eigenvalue weighted by Crippen LogP contribution is -2.47. The van der Waals surface area contributed by atoms with Crippen LogP contribution in [-0.4, -0.2) is 59.1 Å². The Bertz CT molecular complexity index is 1110. The number of morpholine rings is 1. The fraction of sp³-hybridized carbons (Fsp3) is 0.333. The third-order valence-electron chi connectivity index (χ3n) is 5.61. The highest BCUT2D eigenvalue weighted by Gasteiger charge is 2.23. The van der Waals surface area contributed by atoms with E-state index in [9.17, 15) is 9.59 Å². The maximum atomic E-state index is 13.0. The fourth-order valence-corrected chi connectivity index (χ4v) is 3.98. The van der Waals surface area contributed by atoms with Crippen molar-refractivity contribution in [2.75, 3.05) is 31.2 Å². The average Bonchev–Trinajstić information content (AvgIpc) is 3.24. The number of amides is 2. The first kappa shape index (κ1) is 25.0. The standard InChI is InChI=1S/C24H26Cl2N6O3/c25-18-12-20(30-21(18)26)23(34)31-19(7-6-16-4-2-1-3-5-16)22(33)27-13-17-14-28-24(29-15-17)32-8-10-35-11-9-32/h1-5,12,14-15,19,30H,6-11,13H2,(H,27,33)(H,31,34). The van der Waals surface area contributed by atoms with Crippen LogP contribution in [0.5, 0.6) is 0 Å². The number of hydrogen-bond acceptors (Lipinski definition) is 6. The normalized spacial score (nSPS) is 14.4. The summed E-state index contributed by atoms with van der Waals surface area (Å²) in [6.45, 7) is 3.03. The van der Waals surface area contributed by atoms with Gasteiger partial charge < -0.3 is 25.3 Å². The zero-order valence-electron chi connectivity index (χ0n) is 19.0. The second-order valence-electron chi connectivity index (χ2n) is 8.10. The van der Waals surface area contributed by atoms with E-state index in [0.29, 0.717) is 32.0 Å². The summed E-state index contributed by atoms with van der Waals surface area (Å²) in [5.41, 5.74) is 2.01. The highest BCUT2D eigenvalue weighted by Crippen LogP contribution is 2.22. The second kappa shape index (κ2) is 12.0. The van der Waals surface area contributed by atoms with E-state index in [4.69, 9.17) is 27.9 Å². The molecule has 11 heteroatoms. The van der Waals surface area contributed by atoms with E-state index in [1.165, 1.54) is 6.07 Å². The number of aromatic nitrogens is 3. The summed E-state index contributed by atoms with van der Waals surface area (Å²) in [4.78, 5) is 39.4. The molecule has 0 bridgehead atoms. The van der Waals surface area contributed by atoms with E-state index in [2.05, 4.69) is 30.5 Å². The predicted molar refractivity (Wildman–Crippen MR) is 134 cm³/mol. The van der Waals surface area contributed by atoms with Gasteiger partial charge in [0.1, 0.15) is 16.9 Å². The lowest BCUT2D eigenvalue weighted by atomic mass is 10.0. The summed E-state index contributed by atoms with van der Waals surface area (Å²) in [5.74, 6) is -0.139. The molecular formula is C24H26Cl2N6O3. The maximum Gasteiger partial charge on any atom is 0.268 e. The molecule has 35 heavy (non-hydrogen) atoms. The number of ether oxygens (including phenoxy) is 1. The molecule has 0 radical (unpaired) electrons. The molecule has 184 valence electrons. The summed E-state index contributed by atoms with van der Waals surface area (Å²) in [5, 5.41) is 6.07. The molecule has 1 aliphatic rings. The first-order chi connectivity index (χ1) is 17.0. The molecule has 1 atom stereocenters. The minimum atomic E-state index is -0.767. The summed E-state index contributed by atoms with van der Waals surface area (Å²) < 4.78 is 5.35. The molecule has 9 nitrogen and oxygen atoms in total. The molecule has 0 spiro atoms. The van der Waals surface area contributed by atoms with E-state index in [1.807, 2.05) is 30.3 Å². The van der Waals surface area contributed by atoms with Crippen molar-refractivity contribution in [3.8, 4) is 0 Å². The molecule has 0 saturated carbocycles. The van der Waals surface area contributed by atoms with Gasteiger partial charge in [-0.15, -0.1) is 0 Å². The Morgan fingerprint density at radius 2 is 1.80 bits per heavy atom. The second-order valence-corrected chi connectivity index (χ2v) is 8.89. The van der Waals surface area contributed by atoms with Gasteiger partial charge >= 0.3 is 0 Å². The number of anilines is 1. The lowest BCUT2D eigenvalue weighted by molar-refractivity contribution is -0.123. The molecular weight excluding hydrogens is 491 g/mol. The largest absolute Gasteiger partial charge is 0.378 e.